The summed E-state index contributed by atoms with van der Waals surface area (Å²) in [5.74, 6) is -0.478. The van der Waals surface area contributed by atoms with Gasteiger partial charge < -0.3 is 10.4 Å². The lowest BCUT2D eigenvalue weighted by atomic mass is 10.1. The zero-order valence-electron chi connectivity index (χ0n) is 11.5. The van der Waals surface area contributed by atoms with Gasteiger partial charge in [-0.1, -0.05) is 42.5 Å². The Bertz CT molecular complexity index is 828. The molecule has 0 bridgehead atoms. The van der Waals surface area contributed by atoms with Gasteiger partial charge in [-0.2, -0.15) is 0 Å². The third-order valence-corrected chi connectivity index (χ3v) is 3.36. The van der Waals surface area contributed by atoms with E-state index < -0.39 is 5.97 Å². The average Bonchev–Trinajstić information content (AvgIpc) is 2.49. The monoisotopic (exact) mass is 278 g/mol. The number of hydrogen-bond acceptors (Lipinski definition) is 3. The smallest absolute Gasteiger partial charge is 0.354 e. The highest BCUT2D eigenvalue weighted by atomic mass is 16.4. The van der Waals surface area contributed by atoms with Crippen molar-refractivity contribution in [3.05, 3.63) is 65.9 Å². The van der Waals surface area contributed by atoms with Gasteiger partial charge in [0.05, 0.1) is 0 Å². The van der Waals surface area contributed by atoms with Crippen LogP contribution in [0.1, 0.15) is 16.1 Å². The van der Waals surface area contributed by atoms with Gasteiger partial charge in [0.1, 0.15) is 5.82 Å². The number of carboxylic acid groups (broad SMARTS) is 1. The lowest BCUT2D eigenvalue weighted by Crippen LogP contribution is -2.04. The van der Waals surface area contributed by atoms with Crippen molar-refractivity contribution >= 4 is 28.2 Å². The van der Waals surface area contributed by atoms with Gasteiger partial charge in [0.15, 0.2) is 5.69 Å². The molecule has 0 fully saturated rings. The molecule has 0 spiro atoms. The lowest BCUT2D eigenvalue weighted by molar-refractivity contribution is 0.0691. The van der Waals surface area contributed by atoms with E-state index in [1.807, 2.05) is 55.5 Å². The third-order valence-electron chi connectivity index (χ3n) is 3.36. The predicted octanol–water partition coefficient (Wildman–Crippen LogP) is 3.99. The number of carbonyl (C=O) groups is 1. The van der Waals surface area contributed by atoms with E-state index in [1.54, 1.807) is 6.07 Å². The van der Waals surface area contributed by atoms with Crippen LogP contribution < -0.4 is 5.32 Å². The number of anilines is 2. The van der Waals surface area contributed by atoms with Crippen molar-refractivity contribution in [3.63, 3.8) is 0 Å². The highest BCUT2D eigenvalue weighted by molar-refractivity contribution is 5.98. The largest absolute Gasteiger partial charge is 0.477 e. The average molecular weight is 278 g/mol. The minimum atomic E-state index is -1.03. The van der Waals surface area contributed by atoms with Gasteiger partial charge in [-0.25, -0.2) is 9.78 Å². The molecule has 4 heteroatoms. The SMILES string of the molecule is Cc1ccccc1Nc1nc(C(=O)O)cc2ccccc12. The molecule has 0 aliphatic carbocycles. The fraction of sp³-hybridized carbons (Fsp3) is 0.0588. The molecule has 0 saturated carbocycles. The van der Waals surface area contributed by atoms with Gasteiger partial charge in [0.25, 0.3) is 0 Å². The van der Waals surface area contributed by atoms with E-state index in [9.17, 15) is 9.90 Å². The molecule has 0 aliphatic rings. The third kappa shape index (κ3) is 2.56. The van der Waals surface area contributed by atoms with E-state index in [1.165, 1.54) is 0 Å². The first-order chi connectivity index (χ1) is 10.1. The van der Waals surface area contributed by atoms with Crippen molar-refractivity contribution < 1.29 is 9.90 Å². The Kier molecular flexibility index (Phi) is 3.28. The van der Waals surface area contributed by atoms with Crippen LogP contribution in [0, 0.1) is 6.92 Å². The topological polar surface area (TPSA) is 62.2 Å². The highest BCUT2D eigenvalue weighted by Crippen LogP contribution is 2.26. The van der Waals surface area contributed by atoms with Crippen LogP contribution in [0.15, 0.2) is 54.6 Å². The normalized spacial score (nSPS) is 10.5. The number of pyridine rings is 1. The summed E-state index contributed by atoms with van der Waals surface area (Å²) in [7, 11) is 0. The number of para-hydroxylation sites is 1. The Morgan fingerprint density at radius 2 is 1.81 bits per heavy atom. The second kappa shape index (κ2) is 5.25. The molecular formula is C17H14N2O2. The van der Waals surface area contributed by atoms with Gasteiger partial charge in [-0.3, -0.25) is 0 Å². The van der Waals surface area contributed by atoms with E-state index in [0.717, 1.165) is 22.0 Å². The van der Waals surface area contributed by atoms with Crippen LogP contribution >= 0.6 is 0 Å². The highest BCUT2D eigenvalue weighted by Gasteiger charge is 2.11. The molecule has 3 aromatic rings. The minimum absolute atomic E-state index is 0.0322. The molecule has 0 saturated heterocycles. The van der Waals surface area contributed by atoms with E-state index in [4.69, 9.17) is 0 Å². The summed E-state index contributed by atoms with van der Waals surface area (Å²) in [6.07, 6.45) is 0. The molecule has 0 radical (unpaired) electrons. The zero-order valence-corrected chi connectivity index (χ0v) is 11.5. The van der Waals surface area contributed by atoms with E-state index >= 15 is 0 Å². The molecular weight excluding hydrogens is 264 g/mol. The molecule has 3 rings (SSSR count). The maximum atomic E-state index is 11.2. The van der Waals surface area contributed by atoms with E-state index in [0.29, 0.717) is 5.82 Å². The number of nitrogens with one attached hydrogen (secondary N) is 1. The first-order valence-corrected chi connectivity index (χ1v) is 6.61. The summed E-state index contributed by atoms with van der Waals surface area (Å²) in [6.45, 7) is 1.99. The summed E-state index contributed by atoms with van der Waals surface area (Å²) in [5.41, 5.74) is 2.02. The molecule has 0 unspecified atom stereocenters. The van der Waals surface area contributed by atoms with Gasteiger partial charge in [0.2, 0.25) is 0 Å². The minimum Gasteiger partial charge on any atom is -0.477 e. The number of aromatic nitrogens is 1. The maximum absolute atomic E-state index is 11.2. The number of aryl methyl sites for hydroxylation is 1. The molecule has 0 amide bonds. The molecule has 1 aromatic heterocycles. The molecule has 0 atom stereocenters. The second-order valence-corrected chi connectivity index (χ2v) is 4.82. The van der Waals surface area contributed by atoms with Gasteiger partial charge in [-0.05, 0) is 30.0 Å². The number of fused-ring (bicyclic) bond motifs is 1. The van der Waals surface area contributed by atoms with Crippen molar-refractivity contribution in [2.24, 2.45) is 0 Å². The zero-order chi connectivity index (χ0) is 14.8. The Hall–Kier alpha value is -2.88. The van der Waals surface area contributed by atoms with Gasteiger partial charge >= 0.3 is 5.97 Å². The van der Waals surface area contributed by atoms with Crippen LogP contribution in [-0.4, -0.2) is 16.1 Å². The van der Waals surface area contributed by atoms with Crippen molar-refractivity contribution in [2.45, 2.75) is 6.92 Å². The first kappa shape index (κ1) is 13.1. The molecule has 104 valence electrons. The summed E-state index contributed by atoms with van der Waals surface area (Å²) in [6, 6.07) is 17.0. The van der Waals surface area contributed by atoms with Crippen LogP contribution in [-0.2, 0) is 0 Å². The van der Waals surface area contributed by atoms with Gasteiger partial charge in [-0.15, -0.1) is 0 Å². The molecule has 1 heterocycles. The van der Waals surface area contributed by atoms with E-state index in [-0.39, 0.29) is 5.69 Å². The fourth-order valence-electron chi connectivity index (χ4n) is 2.24. The molecule has 2 aromatic carbocycles. The molecule has 0 aliphatic heterocycles. The number of rotatable bonds is 3. The lowest BCUT2D eigenvalue weighted by Gasteiger charge is -2.12. The molecule has 4 nitrogen and oxygen atoms in total. The molecule has 21 heavy (non-hydrogen) atoms. The van der Waals surface area contributed by atoms with Crippen LogP contribution in [0.5, 0.6) is 0 Å². The Balaban J connectivity index is 2.16. The Morgan fingerprint density at radius 3 is 2.57 bits per heavy atom. The van der Waals surface area contributed by atoms with Crippen molar-refractivity contribution in [1.29, 1.82) is 0 Å². The van der Waals surface area contributed by atoms with Crippen LogP contribution in [0.3, 0.4) is 0 Å². The Labute approximate surface area is 122 Å². The van der Waals surface area contributed by atoms with E-state index in [2.05, 4.69) is 10.3 Å². The van der Waals surface area contributed by atoms with Crippen molar-refractivity contribution in [2.75, 3.05) is 5.32 Å². The van der Waals surface area contributed by atoms with Crippen molar-refractivity contribution in [3.8, 4) is 0 Å². The Morgan fingerprint density at radius 1 is 1.10 bits per heavy atom. The quantitative estimate of drug-likeness (QED) is 0.760. The standard InChI is InChI=1S/C17H14N2O2/c1-11-6-2-5-9-14(11)18-16-13-8-4-3-7-12(13)10-15(19-16)17(20)21/h2-10H,1H3,(H,18,19)(H,20,21). The van der Waals surface area contributed by atoms with Gasteiger partial charge in [0, 0.05) is 11.1 Å². The number of carboxylic acids is 1. The number of aromatic carboxylic acids is 1. The number of hydrogen-bond donors (Lipinski definition) is 2. The van der Waals surface area contributed by atoms with Crippen LogP contribution in [0.4, 0.5) is 11.5 Å². The number of nitrogens with zero attached hydrogens (tertiary/aromatic N) is 1. The predicted molar refractivity (Wildman–Crippen MR) is 83.2 cm³/mol. The first-order valence-electron chi connectivity index (χ1n) is 6.61. The summed E-state index contributed by atoms with van der Waals surface area (Å²) in [4.78, 5) is 15.5. The summed E-state index contributed by atoms with van der Waals surface area (Å²) >= 11 is 0. The van der Waals surface area contributed by atoms with Crippen LogP contribution in [0.25, 0.3) is 10.8 Å². The summed E-state index contributed by atoms with van der Waals surface area (Å²) in [5, 5.41) is 14.2. The summed E-state index contributed by atoms with van der Waals surface area (Å²) < 4.78 is 0. The van der Waals surface area contributed by atoms with Crippen LogP contribution in [0.2, 0.25) is 0 Å². The van der Waals surface area contributed by atoms with Crippen molar-refractivity contribution in [1.82, 2.24) is 4.98 Å². The second-order valence-electron chi connectivity index (χ2n) is 4.82. The maximum Gasteiger partial charge on any atom is 0.354 e. The fourth-order valence-corrected chi connectivity index (χ4v) is 2.24. The number of benzene rings is 2. The molecule has 2 N–H and O–H groups in total.